The van der Waals surface area contributed by atoms with E-state index in [1.165, 1.54) is 6.07 Å². The van der Waals surface area contributed by atoms with Crippen molar-refractivity contribution in [1.29, 1.82) is 0 Å². The van der Waals surface area contributed by atoms with E-state index in [4.69, 9.17) is 10.7 Å². The lowest BCUT2D eigenvalue weighted by molar-refractivity contribution is 0.0743. The van der Waals surface area contributed by atoms with Crippen LogP contribution in [-0.2, 0) is 9.05 Å². The molecule has 1 aromatic rings. The molecule has 0 N–H and O–H groups in total. The van der Waals surface area contributed by atoms with Crippen LogP contribution >= 0.6 is 10.7 Å². The summed E-state index contributed by atoms with van der Waals surface area (Å²) in [5.74, 6) is 0.336. The van der Waals surface area contributed by atoms with E-state index in [1.807, 2.05) is 6.92 Å². The molecule has 21 heavy (non-hydrogen) atoms. The Balaban J connectivity index is 2.46. The molecule has 2 unspecified atom stereocenters. The Hall–Kier alpha value is -1.07. The number of hydrogen-bond donors (Lipinski definition) is 0. The van der Waals surface area contributed by atoms with Crippen LogP contribution in [0.25, 0.3) is 0 Å². The van der Waals surface area contributed by atoms with Gasteiger partial charge in [0.05, 0.1) is 4.90 Å². The maximum absolute atomic E-state index is 12.6. The number of halogens is 1. The molecule has 1 amide bonds. The van der Waals surface area contributed by atoms with Gasteiger partial charge in [0.25, 0.3) is 15.0 Å². The topological polar surface area (TPSA) is 54.5 Å². The normalized spacial score (nSPS) is 22.6. The Bertz CT molecular complexity index is 684. The average Bonchev–Trinajstić information content (AvgIpc) is 2.69. The number of carbonyl (C=O) groups is 1. The molecule has 0 radical (unpaired) electrons. The van der Waals surface area contributed by atoms with Gasteiger partial charge in [-0.3, -0.25) is 4.79 Å². The quantitative estimate of drug-likeness (QED) is 0.783. The molecule has 1 fully saturated rings. The predicted octanol–water partition coefficient (Wildman–Crippen LogP) is 3.10. The third-order valence-electron chi connectivity index (χ3n) is 4.17. The van der Waals surface area contributed by atoms with Crippen molar-refractivity contribution in [3.05, 3.63) is 28.8 Å². The summed E-state index contributed by atoms with van der Waals surface area (Å²) in [5, 5.41) is 0. The standard InChI is InChI=1S/C15H20ClNO3S/c1-9-5-11(3)17(8-9)15(18)13-6-10(2)12(4)14(7-13)21(16,19)20/h6-7,9,11H,5,8H2,1-4H3. The number of nitrogens with zero attached hydrogens (tertiary/aromatic N) is 1. The van der Waals surface area contributed by atoms with Crippen LogP contribution in [-0.4, -0.2) is 31.8 Å². The third-order valence-corrected chi connectivity index (χ3v) is 5.62. The largest absolute Gasteiger partial charge is 0.336 e. The monoisotopic (exact) mass is 329 g/mol. The van der Waals surface area contributed by atoms with Gasteiger partial charge >= 0.3 is 0 Å². The van der Waals surface area contributed by atoms with Crippen molar-refractivity contribution in [2.45, 2.75) is 45.1 Å². The summed E-state index contributed by atoms with van der Waals surface area (Å²) >= 11 is 0. The minimum Gasteiger partial charge on any atom is -0.336 e. The average molecular weight is 330 g/mol. The van der Waals surface area contributed by atoms with Crippen molar-refractivity contribution in [3.8, 4) is 0 Å². The molecule has 116 valence electrons. The maximum Gasteiger partial charge on any atom is 0.261 e. The first-order valence-corrected chi connectivity index (χ1v) is 9.29. The first kappa shape index (κ1) is 16.3. The molecule has 1 heterocycles. The summed E-state index contributed by atoms with van der Waals surface area (Å²) < 4.78 is 23.3. The Morgan fingerprint density at radius 3 is 2.38 bits per heavy atom. The van der Waals surface area contributed by atoms with Gasteiger partial charge in [-0.2, -0.15) is 0 Å². The fourth-order valence-electron chi connectivity index (χ4n) is 2.95. The van der Waals surface area contributed by atoms with E-state index in [1.54, 1.807) is 24.8 Å². The highest BCUT2D eigenvalue weighted by Gasteiger charge is 2.31. The lowest BCUT2D eigenvalue weighted by Gasteiger charge is -2.22. The number of benzene rings is 1. The molecular formula is C15H20ClNO3S. The fraction of sp³-hybridized carbons (Fsp3) is 0.533. The van der Waals surface area contributed by atoms with Gasteiger partial charge in [0.1, 0.15) is 0 Å². The molecule has 2 atom stereocenters. The molecule has 1 aliphatic rings. The number of hydrogen-bond acceptors (Lipinski definition) is 3. The number of likely N-dealkylation sites (tertiary alicyclic amines) is 1. The van der Waals surface area contributed by atoms with Crippen molar-refractivity contribution < 1.29 is 13.2 Å². The zero-order valence-corrected chi connectivity index (χ0v) is 14.3. The number of amides is 1. The van der Waals surface area contributed by atoms with Crippen LogP contribution in [0.3, 0.4) is 0 Å². The SMILES string of the molecule is Cc1cc(C(=O)N2CC(C)CC2C)cc(S(=O)(=O)Cl)c1C. The van der Waals surface area contributed by atoms with Crippen molar-refractivity contribution in [3.63, 3.8) is 0 Å². The second-order valence-corrected chi connectivity index (χ2v) is 8.54. The minimum absolute atomic E-state index is 0.0208. The molecule has 2 rings (SSSR count). The zero-order chi connectivity index (χ0) is 15.9. The Labute approximate surface area is 130 Å². The van der Waals surface area contributed by atoms with Crippen LogP contribution in [0.5, 0.6) is 0 Å². The van der Waals surface area contributed by atoms with E-state index >= 15 is 0 Å². The van der Waals surface area contributed by atoms with E-state index < -0.39 is 9.05 Å². The van der Waals surface area contributed by atoms with Crippen molar-refractivity contribution in [2.75, 3.05) is 6.54 Å². The number of aryl methyl sites for hydroxylation is 1. The summed E-state index contributed by atoms with van der Waals surface area (Å²) in [4.78, 5) is 14.5. The molecule has 0 aliphatic carbocycles. The van der Waals surface area contributed by atoms with Gasteiger partial charge in [-0.05, 0) is 56.4 Å². The van der Waals surface area contributed by atoms with E-state index in [0.717, 1.165) is 12.0 Å². The molecule has 4 nitrogen and oxygen atoms in total. The van der Waals surface area contributed by atoms with Crippen LogP contribution < -0.4 is 0 Å². The van der Waals surface area contributed by atoms with Crippen LogP contribution in [0.1, 0.15) is 41.8 Å². The van der Waals surface area contributed by atoms with Gasteiger partial charge < -0.3 is 4.90 Å². The third kappa shape index (κ3) is 3.24. The Morgan fingerprint density at radius 1 is 1.29 bits per heavy atom. The van der Waals surface area contributed by atoms with Gasteiger partial charge in [-0.25, -0.2) is 8.42 Å². The summed E-state index contributed by atoms with van der Waals surface area (Å²) in [7, 11) is 1.61. The van der Waals surface area contributed by atoms with E-state index in [0.29, 0.717) is 23.6 Å². The van der Waals surface area contributed by atoms with Gasteiger partial charge in [0.15, 0.2) is 0 Å². The van der Waals surface area contributed by atoms with Gasteiger partial charge in [-0.1, -0.05) is 6.92 Å². The molecular weight excluding hydrogens is 310 g/mol. The number of rotatable bonds is 2. The Kier molecular flexibility index (Phi) is 4.36. The molecule has 1 aromatic carbocycles. The maximum atomic E-state index is 12.6. The zero-order valence-electron chi connectivity index (χ0n) is 12.7. The van der Waals surface area contributed by atoms with Crippen LogP contribution in [0.4, 0.5) is 0 Å². The van der Waals surface area contributed by atoms with Crippen LogP contribution in [0.15, 0.2) is 17.0 Å². The predicted molar refractivity (Wildman–Crippen MR) is 83.2 cm³/mol. The van der Waals surface area contributed by atoms with E-state index in [2.05, 4.69) is 6.92 Å². The van der Waals surface area contributed by atoms with Gasteiger partial charge in [-0.15, -0.1) is 0 Å². The highest BCUT2D eigenvalue weighted by atomic mass is 35.7. The molecule has 0 saturated carbocycles. The van der Waals surface area contributed by atoms with Gasteiger partial charge in [0.2, 0.25) is 0 Å². The molecule has 1 aliphatic heterocycles. The Morgan fingerprint density at radius 2 is 1.90 bits per heavy atom. The van der Waals surface area contributed by atoms with Crippen LogP contribution in [0.2, 0.25) is 0 Å². The van der Waals surface area contributed by atoms with Crippen LogP contribution in [0, 0.1) is 19.8 Å². The summed E-state index contributed by atoms with van der Waals surface area (Å²) in [5.41, 5.74) is 1.72. The van der Waals surface area contributed by atoms with Crippen molar-refractivity contribution in [1.82, 2.24) is 4.90 Å². The van der Waals surface area contributed by atoms with Gasteiger partial charge in [0, 0.05) is 28.8 Å². The number of carbonyl (C=O) groups excluding carboxylic acids is 1. The first-order valence-electron chi connectivity index (χ1n) is 6.98. The van der Waals surface area contributed by atoms with E-state index in [-0.39, 0.29) is 16.8 Å². The minimum atomic E-state index is -3.86. The molecule has 0 bridgehead atoms. The fourth-order valence-corrected chi connectivity index (χ4v) is 4.23. The molecule has 6 heteroatoms. The first-order chi connectivity index (χ1) is 9.61. The smallest absolute Gasteiger partial charge is 0.261 e. The lowest BCUT2D eigenvalue weighted by atomic mass is 10.1. The van der Waals surface area contributed by atoms with Crippen molar-refractivity contribution in [2.24, 2.45) is 5.92 Å². The lowest BCUT2D eigenvalue weighted by Crippen LogP contribution is -2.34. The summed E-state index contributed by atoms with van der Waals surface area (Å²) in [6.07, 6.45) is 0.969. The molecule has 0 spiro atoms. The van der Waals surface area contributed by atoms with E-state index in [9.17, 15) is 13.2 Å². The van der Waals surface area contributed by atoms with Crippen molar-refractivity contribution >= 4 is 25.6 Å². The summed E-state index contributed by atoms with van der Waals surface area (Å²) in [6, 6.07) is 3.30. The highest BCUT2D eigenvalue weighted by molar-refractivity contribution is 8.13. The second kappa shape index (κ2) is 5.61. The highest BCUT2D eigenvalue weighted by Crippen LogP contribution is 2.28. The molecule has 0 aromatic heterocycles. The summed E-state index contributed by atoms with van der Waals surface area (Å²) in [6.45, 7) is 8.31. The molecule has 1 saturated heterocycles. The second-order valence-electron chi connectivity index (χ2n) is 6.00.